The smallest absolute Gasteiger partial charge is 0.187 e. The molecule has 1 saturated heterocycles. The van der Waals surface area contributed by atoms with Crippen molar-refractivity contribution in [2.45, 2.75) is 57.1 Å². The van der Waals surface area contributed by atoms with Crippen molar-refractivity contribution >= 4 is 5.78 Å². The standard InChI is InChI=1S/C15H24N4O2/c16-7-8-19-11-13(17-18-19)14(20)12-4-9-21-15(10-12)5-2-1-3-6-15/h11-12H,1-10,16H2. The zero-order valence-electron chi connectivity index (χ0n) is 12.5. The van der Waals surface area contributed by atoms with Crippen molar-refractivity contribution in [1.82, 2.24) is 15.0 Å². The molecule has 116 valence electrons. The molecule has 1 saturated carbocycles. The number of ether oxygens (including phenoxy) is 1. The van der Waals surface area contributed by atoms with Crippen LogP contribution in [0, 0.1) is 5.92 Å². The van der Waals surface area contributed by atoms with Gasteiger partial charge in [-0.2, -0.15) is 0 Å². The minimum absolute atomic E-state index is 0.0277. The second-order valence-corrected chi connectivity index (χ2v) is 6.30. The summed E-state index contributed by atoms with van der Waals surface area (Å²) in [6.07, 6.45) is 9.27. The van der Waals surface area contributed by atoms with Crippen LogP contribution in [0.1, 0.15) is 55.4 Å². The number of aromatic nitrogens is 3. The van der Waals surface area contributed by atoms with E-state index in [1.807, 2.05) is 0 Å². The fourth-order valence-electron chi connectivity index (χ4n) is 3.66. The minimum Gasteiger partial charge on any atom is -0.375 e. The molecule has 0 radical (unpaired) electrons. The molecule has 3 rings (SSSR count). The summed E-state index contributed by atoms with van der Waals surface area (Å²) in [7, 11) is 0. The molecule has 0 bridgehead atoms. The van der Waals surface area contributed by atoms with Crippen LogP contribution < -0.4 is 5.73 Å². The van der Waals surface area contributed by atoms with Crippen LogP contribution >= 0.6 is 0 Å². The van der Waals surface area contributed by atoms with Gasteiger partial charge in [0.25, 0.3) is 0 Å². The second kappa shape index (κ2) is 6.23. The Morgan fingerprint density at radius 3 is 3.00 bits per heavy atom. The Kier molecular flexibility index (Phi) is 4.35. The molecule has 2 fully saturated rings. The van der Waals surface area contributed by atoms with E-state index in [9.17, 15) is 4.79 Å². The Morgan fingerprint density at radius 1 is 1.43 bits per heavy atom. The third-order valence-corrected chi connectivity index (χ3v) is 4.78. The molecule has 0 amide bonds. The number of hydrogen-bond acceptors (Lipinski definition) is 5. The SMILES string of the molecule is NCCn1cc(C(=O)C2CCOC3(CCCCC3)C2)nn1. The van der Waals surface area contributed by atoms with Crippen LogP contribution in [0.4, 0.5) is 0 Å². The molecule has 2 heterocycles. The number of hydrogen-bond donors (Lipinski definition) is 1. The first-order chi connectivity index (χ1) is 10.2. The number of ketones is 1. The zero-order chi connectivity index (χ0) is 14.7. The van der Waals surface area contributed by atoms with E-state index in [0.29, 0.717) is 25.4 Å². The zero-order valence-corrected chi connectivity index (χ0v) is 12.5. The summed E-state index contributed by atoms with van der Waals surface area (Å²) in [6.45, 7) is 1.78. The number of carbonyl (C=O) groups is 1. The van der Waals surface area contributed by atoms with Gasteiger partial charge in [0.05, 0.1) is 18.3 Å². The van der Waals surface area contributed by atoms with Crippen LogP contribution in [0.25, 0.3) is 0 Å². The molecule has 2 aliphatic rings. The lowest BCUT2D eigenvalue weighted by molar-refractivity contribution is -0.111. The number of Topliss-reactive ketones (excluding diaryl/α,β-unsaturated/α-hetero) is 1. The Hall–Kier alpha value is -1.27. The van der Waals surface area contributed by atoms with E-state index in [1.54, 1.807) is 10.9 Å². The largest absolute Gasteiger partial charge is 0.375 e. The molecule has 6 nitrogen and oxygen atoms in total. The van der Waals surface area contributed by atoms with Gasteiger partial charge in [-0.25, -0.2) is 0 Å². The van der Waals surface area contributed by atoms with Gasteiger partial charge >= 0.3 is 0 Å². The molecule has 0 aromatic carbocycles. The molecule has 1 unspecified atom stereocenters. The fraction of sp³-hybridized carbons (Fsp3) is 0.800. The topological polar surface area (TPSA) is 83.0 Å². The Bertz CT molecular complexity index is 488. The van der Waals surface area contributed by atoms with Crippen LogP contribution in [-0.2, 0) is 11.3 Å². The molecule has 1 aromatic heterocycles. The molecule has 1 spiro atoms. The highest BCUT2D eigenvalue weighted by Gasteiger charge is 2.41. The third-order valence-electron chi connectivity index (χ3n) is 4.78. The van der Waals surface area contributed by atoms with Crippen molar-refractivity contribution in [2.24, 2.45) is 11.7 Å². The van der Waals surface area contributed by atoms with Gasteiger partial charge in [0.1, 0.15) is 5.69 Å². The molecule has 1 aliphatic carbocycles. The highest BCUT2D eigenvalue weighted by molar-refractivity contribution is 5.95. The summed E-state index contributed by atoms with van der Waals surface area (Å²) < 4.78 is 7.70. The molecular formula is C15H24N4O2. The lowest BCUT2D eigenvalue weighted by atomic mass is 9.75. The average molecular weight is 292 g/mol. The van der Waals surface area contributed by atoms with E-state index >= 15 is 0 Å². The van der Waals surface area contributed by atoms with Gasteiger partial charge in [-0.15, -0.1) is 5.10 Å². The summed E-state index contributed by atoms with van der Waals surface area (Å²) in [4.78, 5) is 12.6. The van der Waals surface area contributed by atoms with E-state index in [2.05, 4.69) is 10.3 Å². The second-order valence-electron chi connectivity index (χ2n) is 6.30. The van der Waals surface area contributed by atoms with Crippen LogP contribution in [-0.4, -0.2) is 39.5 Å². The van der Waals surface area contributed by atoms with E-state index in [1.165, 1.54) is 19.3 Å². The summed E-state index contributed by atoms with van der Waals surface area (Å²) in [5, 5.41) is 7.97. The summed E-state index contributed by atoms with van der Waals surface area (Å²) in [5.74, 6) is 0.145. The lowest BCUT2D eigenvalue weighted by Crippen LogP contribution is -2.43. The maximum Gasteiger partial charge on any atom is 0.187 e. The molecule has 1 atom stereocenters. The summed E-state index contributed by atoms with van der Waals surface area (Å²) in [6, 6.07) is 0. The predicted molar refractivity (Wildman–Crippen MR) is 77.9 cm³/mol. The van der Waals surface area contributed by atoms with Crippen molar-refractivity contribution in [3.05, 3.63) is 11.9 Å². The third kappa shape index (κ3) is 3.16. The van der Waals surface area contributed by atoms with Crippen molar-refractivity contribution in [2.75, 3.05) is 13.2 Å². The molecule has 21 heavy (non-hydrogen) atoms. The van der Waals surface area contributed by atoms with Crippen LogP contribution in [0.5, 0.6) is 0 Å². The van der Waals surface area contributed by atoms with Crippen LogP contribution in [0.15, 0.2) is 6.20 Å². The Morgan fingerprint density at radius 2 is 2.24 bits per heavy atom. The predicted octanol–water partition coefficient (Wildman–Crippen LogP) is 1.55. The first-order valence-electron chi connectivity index (χ1n) is 8.01. The van der Waals surface area contributed by atoms with Gasteiger partial charge in [0, 0.05) is 19.1 Å². The number of rotatable bonds is 4. The minimum atomic E-state index is -0.0515. The van der Waals surface area contributed by atoms with Crippen molar-refractivity contribution in [3.63, 3.8) is 0 Å². The maximum atomic E-state index is 12.6. The maximum absolute atomic E-state index is 12.6. The van der Waals surface area contributed by atoms with Gasteiger partial charge in [-0.05, 0) is 25.7 Å². The van der Waals surface area contributed by atoms with E-state index in [0.717, 1.165) is 25.7 Å². The van der Waals surface area contributed by atoms with Crippen molar-refractivity contribution in [3.8, 4) is 0 Å². The van der Waals surface area contributed by atoms with Gasteiger partial charge in [0.15, 0.2) is 5.78 Å². The van der Waals surface area contributed by atoms with Crippen molar-refractivity contribution in [1.29, 1.82) is 0 Å². The first-order valence-corrected chi connectivity index (χ1v) is 8.01. The molecule has 1 aliphatic heterocycles. The van der Waals surface area contributed by atoms with Gasteiger partial charge in [0.2, 0.25) is 0 Å². The van der Waals surface area contributed by atoms with Crippen LogP contribution in [0.2, 0.25) is 0 Å². The van der Waals surface area contributed by atoms with E-state index < -0.39 is 0 Å². The molecule has 2 N–H and O–H groups in total. The highest BCUT2D eigenvalue weighted by Crippen LogP contribution is 2.41. The van der Waals surface area contributed by atoms with E-state index in [-0.39, 0.29) is 17.3 Å². The average Bonchev–Trinajstić information content (AvgIpc) is 2.96. The van der Waals surface area contributed by atoms with Gasteiger partial charge in [-0.3, -0.25) is 9.48 Å². The number of carbonyl (C=O) groups excluding carboxylic acids is 1. The van der Waals surface area contributed by atoms with Crippen molar-refractivity contribution < 1.29 is 9.53 Å². The summed E-state index contributed by atoms with van der Waals surface area (Å²) in [5.41, 5.74) is 5.91. The fourth-order valence-corrected chi connectivity index (χ4v) is 3.66. The normalized spacial score (nSPS) is 25.1. The summed E-state index contributed by atoms with van der Waals surface area (Å²) >= 11 is 0. The Balaban J connectivity index is 1.68. The molecule has 6 heteroatoms. The number of nitrogens with two attached hydrogens (primary N) is 1. The molecule has 1 aromatic rings. The van der Waals surface area contributed by atoms with Crippen LogP contribution in [0.3, 0.4) is 0 Å². The quantitative estimate of drug-likeness (QED) is 0.851. The monoisotopic (exact) mass is 292 g/mol. The highest BCUT2D eigenvalue weighted by atomic mass is 16.5. The van der Waals surface area contributed by atoms with Gasteiger partial charge in [-0.1, -0.05) is 24.5 Å². The molecular weight excluding hydrogens is 268 g/mol. The van der Waals surface area contributed by atoms with E-state index in [4.69, 9.17) is 10.5 Å². The van der Waals surface area contributed by atoms with Gasteiger partial charge < -0.3 is 10.5 Å². The lowest BCUT2D eigenvalue weighted by Gasteiger charge is -2.43. The first kappa shape index (κ1) is 14.7. The Labute approximate surface area is 125 Å². The number of nitrogens with zero attached hydrogens (tertiary/aromatic N) is 3.